The molecule has 8 nitrogen and oxygen atoms in total. The summed E-state index contributed by atoms with van der Waals surface area (Å²) in [6.07, 6.45) is 0. The predicted octanol–water partition coefficient (Wildman–Crippen LogP) is 2.04. The average Bonchev–Trinajstić information content (AvgIpc) is 2.71. The first kappa shape index (κ1) is 22.2. The molecule has 0 fully saturated rings. The van der Waals surface area contributed by atoms with E-state index in [0.29, 0.717) is 0 Å². The Hall–Kier alpha value is -3.82. The Labute approximate surface area is 161 Å². The van der Waals surface area contributed by atoms with E-state index in [2.05, 4.69) is 9.47 Å². The number of esters is 2. The van der Waals surface area contributed by atoms with Gasteiger partial charge in [-0.25, -0.2) is 9.59 Å². The maximum Gasteiger partial charge on any atom is 0.349 e. The third-order valence-electron chi connectivity index (χ3n) is 3.69. The van der Waals surface area contributed by atoms with Crippen molar-refractivity contribution in [3.8, 4) is 6.07 Å². The van der Waals surface area contributed by atoms with Crippen LogP contribution >= 0.6 is 0 Å². The molecule has 0 bridgehead atoms. The summed E-state index contributed by atoms with van der Waals surface area (Å²) in [4.78, 5) is 49.6. The second-order valence-corrected chi connectivity index (χ2v) is 5.73. The Morgan fingerprint density at radius 2 is 1.54 bits per heavy atom. The molecule has 1 rings (SSSR count). The first-order valence-corrected chi connectivity index (χ1v) is 8.01. The van der Waals surface area contributed by atoms with E-state index in [4.69, 9.17) is 0 Å². The highest BCUT2D eigenvalue weighted by Gasteiger charge is 2.31. The Balaban J connectivity index is 3.88. The average molecular weight is 381 g/mol. The van der Waals surface area contributed by atoms with E-state index in [0.717, 1.165) is 14.2 Å². The molecule has 0 radical (unpaired) electrons. The van der Waals surface area contributed by atoms with Crippen LogP contribution < -0.4 is 0 Å². The highest BCUT2D eigenvalue weighted by atomic mass is 16.5. The van der Waals surface area contributed by atoms with Crippen molar-refractivity contribution in [3.05, 3.63) is 57.5 Å². The smallest absolute Gasteiger partial charge is 0.349 e. The van der Waals surface area contributed by atoms with Crippen LogP contribution in [0.4, 0.5) is 0 Å². The number of carbonyl (C=O) groups excluding carboxylic acids is 4. The monoisotopic (exact) mass is 381 g/mol. The molecule has 0 amide bonds. The molecule has 144 valence electrons. The van der Waals surface area contributed by atoms with Crippen molar-refractivity contribution in [2.45, 2.75) is 13.8 Å². The molecule has 0 unspecified atom stereocenters. The standard InChI is InChI=1S/C20H17N2O6/c1-11(2)17(23)12-7-5-6-8-13(12)18(24)16(14(9-21)19(25)27-3)15(10-22)20(26)28-4/h5-8,11H,1-4H3/q-1/b16-14+. The maximum absolute atomic E-state index is 13.2. The van der Waals surface area contributed by atoms with E-state index < -0.39 is 40.4 Å². The number of hydrogen-bond donors (Lipinski definition) is 0. The fourth-order valence-corrected chi connectivity index (χ4v) is 2.31. The largest absolute Gasteiger partial charge is 0.763 e. The zero-order valence-corrected chi connectivity index (χ0v) is 15.7. The van der Waals surface area contributed by atoms with Crippen molar-refractivity contribution >= 4 is 29.4 Å². The molecule has 0 heterocycles. The van der Waals surface area contributed by atoms with Crippen molar-refractivity contribution < 1.29 is 28.7 Å². The van der Waals surface area contributed by atoms with Crippen LogP contribution in [-0.4, -0.2) is 43.6 Å². The minimum atomic E-state index is -1.21. The normalized spacial score (nSPS) is 10.9. The number of ether oxygens (including phenoxy) is 2. The van der Waals surface area contributed by atoms with Gasteiger partial charge in [0.1, 0.15) is 11.6 Å². The van der Waals surface area contributed by atoms with E-state index in [1.54, 1.807) is 13.8 Å². The molecule has 0 aliphatic rings. The van der Waals surface area contributed by atoms with Gasteiger partial charge in [-0.3, -0.25) is 15.5 Å². The lowest BCUT2D eigenvalue weighted by atomic mass is 9.88. The number of ketones is 2. The highest BCUT2D eigenvalue weighted by molar-refractivity contribution is 6.26. The van der Waals surface area contributed by atoms with Crippen LogP contribution in [0.15, 0.2) is 41.0 Å². The van der Waals surface area contributed by atoms with Crippen molar-refractivity contribution in [2.24, 2.45) is 5.92 Å². The highest BCUT2D eigenvalue weighted by Crippen LogP contribution is 2.24. The third-order valence-corrected chi connectivity index (χ3v) is 3.69. The fraction of sp³-hybridized carbons (Fsp3) is 0.250. The molecule has 0 atom stereocenters. The van der Waals surface area contributed by atoms with E-state index in [1.807, 2.05) is 0 Å². The van der Waals surface area contributed by atoms with Gasteiger partial charge in [-0.05, 0) is 0 Å². The van der Waals surface area contributed by atoms with Gasteiger partial charge in [-0.2, -0.15) is 5.26 Å². The topological polar surface area (TPSA) is 133 Å². The van der Waals surface area contributed by atoms with Crippen LogP contribution in [0.5, 0.6) is 0 Å². The second kappa shape index (κ2) is 9.76. The molecular weight excluding hydrogens is 364 g/mol. The van der Waals surface area contributed by atoms with Crippen LogP contribution in [0, 0.1) is 17.2 Å². The number of benzene rings is 1. The molecule has 0 saturated carbocycles. The van der Waals surface area contributed by atoms with Gasteiger partial charge < -0.3 is 14.9 Å². The number of carbonyl (C=O) groups is 4. The first-order chi connectivity index (χ1) is 13.2. The van der Waals surface area contributed by atoms with Gasteiger partial charge in [0.15, 0.2) is 11.6 Å². The first-order valence-electron chi connectivity index (χ1n) is 8.01. The second-order valence-electron chi connectivity index (χ2n) is 5.73. The lowest BCUT2D eigenvalue weighted by Crippen LogP contribution is -2.22. The van der Waals surface area contributed by atoms with Crippen LogP contribution in [-0.2, 0) is 19.1 Å². The Bertz CT molecular complexity index is 959. The maximum atomic E-state index is 13.2. The molecule has 28 heavy (non-hydrogen) atoms. The summed E-state index contributed by atoms with van der Waals surface area (Å²) < 4.78 is 8.96. The van der Waals surface area contributed by atoms with E-state index in [9.17, 15) is 29.8 Å². The zero-order chi connectivity index (χ0) is 21.4. The predicted molar refractivity (Wildman–Crippen MR) is 98.5 cm³/mol. The lowest BCUT2D eigenvalue weighted by Gasteiger charge is -2.14. The molecule has 0 aromatic heterocycles. The molecular formula is C20H17N2O6-. The molecule has 0 aliphatic carbocycles. The van der Waals surface area contributed by atoms with Gasteiger partial charge in [0.2, 0.25) is 0 Å². The number of nitrogens with zero attached hydrogens (tertiary/aromatic N) is 2. The Kier molecular flexibility index (Phi) is 7.75. The van der Waals surface area contributed by atoms with Gasteiger partial charge in [0.25, 0.3) is 0 Å². The number of rotatable bonds is 7. The van der Waals surface area contributed by atoms with Crippen LogP contribution in [0.1, 0.15) is 34.6 Å². The lowest BCUT2D eigenvalue weighted by molar-refractivity contribution is -0.135. The van der Waals surface area contributed by atoms with Gasteiger partial charge in [-0.15, -0.1) is 0 Å². The summed E-state index contributed by atoms with van der Waals surface area (Å²) in [5.74, 6) is -2.77. The van der Waals surface area contributed by atoms with E-state index in [-0.39, 0.29) is 16.9 Å². The zero-order valence-electron chi connectivity index (χ0n) is 15.7. The third kappa shape index (κ3) is 4.47. The summed E-state index contributed by atoms with van der Waals surface area (Å²) in [6.45, 7) is 3.27. The molecule has 0 saturated heterocycles. The summed E-state index contributed by atoms with van der Waals surface area (Å²) in [7, 11) is 1.95. The Morgan fingerprint density at radius 3 is 1.96 bits per heavy atom. The Morgan fingerprint density at radius 1 is 1.00 bits per heavy atom. The van der Waals surface area contributed by atoms with Crippen molar-refractivity contribution in [3.63, 3.8) is 0 Å². The molecule has 1 aromatic carbocycles. The van der Waals surface area contributed by atoms with Crippen molar-refractivity contribution in [2.75, 3.05) is 14.2 Å². The van der Waals surface area contributed by atoms with Crippen LogP contribution in [0.25, 0.3) is 5.41 Å². The van der Waals surface area contributed by atoms with Gasteiger partial charge in [-0.1, -0.05) is 38.1 Å². The van der Waals surface area contributed by atoms with Crippen molar-refractivity contribution in [1.29, 1.82) is 5.26 Å². The van der Waals surface area contributed by atoms with Crippen LogP contribution in [0.3, 0.4) is 0 Å². The quantitative estimate of drug-likeness (QED) is 0.176. The van der Waals surface area contributed by atoms with Crippen molar-refractivity contribution in [1.82, 2.24) is 0 Å². The molecule has 0 N–H and O–H groups in total. The molecule has 8 heteroatoms. The summed E-state index contributed by atoms with van der Waals surface area (Å²) in [6, 6.07) is 7.20. The van der Waals surface area contributed by atoms with Gasteiger partial charge >= 0.3 is 11.9 Å². The molecule has 0 spiro atoms. The minimum absolute atomic E-state index is 0.0318. The number of Topliss-reactive ketones (excluding diaryl/α,β-unsaturated/α-hetero) is 2. The van der Waals surface area contributed by atoms with E-state index >= 15 is 0 Å². The number of nitriles is 1. The molecule has 0 aliphatic heterocycles. The summed E-state index contributed by atoms with van der Waals surface area (Å²) in [5, 5.41) is 18.7. The van der Waals surface area contributed by atoms with Crippen LogP contribution in [0.2, 0.25) is 0 Å². The summed E-state index contributed by atoms with van der Waals surface area (Å²) >= 11 is 0. The summed E-state index contributed by atoms with van der Waals surface area (Å²) in [5.41, 5.74) is -2.61. The SMILES string of the molecule is COC(=O)C(=C=[N-])/C(C(=O)c1ccccc1C(=O)C(C)C)=C(/C#N)C(=O)OC. The van der Waals surface area contributed by atoms with E-state index in [1.165, 1.54) is 36.2 Å². The number of hydrogen-bond acceptors (Lipinski definition) is 7. The van der Waals surface area contributed by atoms with Gasteiger partial charge in [0, 0.05) is 17.0 Å². The van der Waals surface area contributed by atoms with Gasteiger partial charge in [0.05, 0.1) is 25.4 Å². The number of methoxy groups -OCH3 is 2. The fourth-order valence-electron chi connectivity index (χ4n) is 2.31. The minimum Gasteiger partial charge on any atom is -0.763 e. The molecule has 1 aromatic rings.